The van der Waals surface area contributed by atoms with Crippen molar-refractivity contribution in [3.8, 4) is 0 Å². The fraction of sp³-hybridized carbons (Fsp3) is 0.733. The second kappa shape index (κ2) is 6.39. The molecular formula is C15H26N4O. The molecule has 0 saturated carbocycles. The van der Waals surface area contributed by atoms with E-state index in [4.69, 9.17) is 0 Å². The molecule has 0 spiro atoms. The zero-order chi connectivity index (χ0) is 14.7. The van der Waals surface area contributed by atoms with Crippen LogP contribution in [-0.2, 0) is 18.4 Å². The Morgan fingerprint density at radius 2 is 2.10 bits per heavy atom. The number of aromatic nitrogens is 2. The fourth-order valence-corrected chi connectivity index (χ4v) is 2.81. The summed E-state index contributed by atoms with van der Waals surface area (Å²) in [6, 6.07) is 0.580. The number of amides is 1. The van der Waals surface area contributed by atoms with Gasteiger partial charge in [-0.2, -0.15) is 0 Å². The van der Waals surface area contributed by atoms with E-state index in [1.54, 1.807) is 6.20 Å². The smallest absolute Gasteiger partial charge is 0.225 e. The van der Waals surface area contributed by atoms with Crippen molar-refractivity contribution in [2.75, 3.05) is 20.1 Å². The maximum atomic E-state index is 12.5. The van der Waals surface area contributed by atoms with E-state index < -0.39 is 0 Å². The molecule has 1 aromatic heterocycles. The van der Waals surface area contributed by atoms with Gasteiger partial charge in [0.15, 0.2) is 0 Å². The molecule has 0 unspecified atom stereocenters. The second-order valence-corrected chi connectivity index (χ2v) is 6.05. The monoisotopic (exact) mass is 278 g/mol. The van der Waals surface area contributed by atoms with Crippen molar-refractivity contribution in [3.63, 3.8) is 0 Å². The quantitative estimate of drug-likeness (QED) is 0.838. The molecule has 0 bridgehead atoms. The molecule has 5 heteroatoms. The lowest BCUT2D eigenvalue weighted by atomic mass is 9.94. The third kappa shape index (κ3) is 3.39. The topological polar surface area (TPSA) is 41.4 Å². The first kappa shape index (κ1) is 15.0. The predicted molar refractivity (Wildman–Crippen MR) is 79.1 cm³/mol. The Bertz CT molecular complexity index is 446. The maximum Gasteiger partial charge on any atom is 0.225 e. The number of hydrogen-bond acceptors (Lipinski definition) is 3. The van der Waals surface area contributed by atoms with Crippen LogP contribution in [0.4, 0.5) is 0 Å². The van der Waals surface area contributed by atoms with Crippen molar-refractivity contribution >= 4 is 5.91 Å². The number of hydrogen-bond donors (Lipinski definition) is 0. The zero-order valence-electron chi connectivity index (χ0n) is 13.0. The van der Waals surface area contributed by atoms with Crippen molar-refractivity contribution in [1.29, 1.82) is 0 Å². The van der Waals surface area contributed by atoms with Gasteiger partial charge in [-0.3, -0.25) is 4.79 Å². The van der Waals surface area contributed by atoms with E-state index in [1.165, 1.54) is 0 Å². The van der Waals surface area contributed by atoms with Gasteiger partial charge in [0.05, 0.1) is 6.54 Å². The van der Waals surface area contributed by atoms with Crippen LogP contribution < -0.4 is 0 Å². The number of nitrogens with zero attached hydrogens (tertiary/aromatic N) is 4. The first-order valence-electron chi connectivity index (χ1n) is 7.44. The van der Waals surface area contributed by atoms with Crippen LogP contribution in [0, 0.1) is 5.92 Å². The second-order valence-electron chi connectivity index (χ2n) is 6.05. The van der Waals surface area contributed by atoms with Crippen LogP contribution in [0.3, 0.4) is 0 Å². The Balaban J connectivity index is 1.87. The summed E-state index contributed by atoms with van der Waals surface area (Å²) < 4.78 is 1.96. The third-order valence-electron chi connectivity index (χ3n) is 4.28. The van der Waals surface area contributed by atoms with E-state index in [0.717, 1.165) is 31.8 Å². The summed E-state index contributed by atoms with van der Waals surface area (Å²) in [4.78, 5) is 21.0. The van der Waals surface area contributed by atoms with Gasteiger partial charge in [0.1, 0.15) is 5.82 Å². The maximum absolute atomic E-state index is 12.5. The molecule has 112 valence electrons. The third-order valence-corrected chi connectivity index (χ3v) is 4.28. The summed E-state index contributed by atoms with van der Waals surface area (Å²) in [5.41, 5.74) is 0. The number of imidazole rings is 1. The molecule has 1 aromatic rings. The first-order valence-corrected chi connectivity index (χ1v) is 7.44. The number of piperidine rings is 1. The SMILES string of the molecule is CC(C)N1CCC(C(=O)N(C)Cc2nccn2C)CC1. The molecule has 1 aliphatic rings. The van der Waals surface area contributed by atoms with Crippen molar-refractivity contribution in [3.05, 3.63) is 18.2 Å². The summed E-state index contributed by atoms with van der Waals surface area (Å²) in [5, 5.41) is 0. The molecule has 0 atom stereocenters. The van der Waals surface area contributed by atoms with Gasteiger partial charge in [-0.15, -0.1) is 0 Å². The minimum atomic E-state index is 0.176. The summed E-state index contributed by atoms with van der Waals surface area (Å²) in [5.74, 6) is 1.37. The van der Waals surface area contributed by atoms with Gasteiger partial charge in [-0.05, 0) is 39.8 Å². The number of aryl methyl sites for hydroxylation is 1. The molecule has 0 aliphatic carbocycles. The number of rotatable bonds is 4. The highest BCUT2D eigenvalue weighted by molar-refractivity contribution is 5.78. The molecule has 0 radical (unpaired) electrons. The van der Waals surface area contributed by atoms with Gasteiger partial charge in [0.25, 0.3) is 0 Å². The van der Waals surface area contributed by atoms with Gasteiger partial charge in [-0.1, -0.05) is 0 Å². The van der Waals surface area contributed by atoms with Crippen LogP contribution in [0.1, 0.15) is 32.5 Å². The van der Waals surface area contributed by atoms with Crippen LogP contribution in [0.5, 0.6) is 0 Å². The molecule has 2 rings (SSSR count). The Morgan fingerprint density at radius 3 is 2.60 bits per heavy atom. The molecule has 1 amide bonds. The molecule has 5 nitrogen and oxygen atoms in total. The molecule has 2 heterocycles. The molecule has 1 fully saturated rings. The Labute approximate surface area is 121 Å². The number of carbonyl (C=O) groups is 1. The van der Waals surface area contributed by atoms with Crippen molar-refractivity contribution < 1.29 is 4.79 Å². The predicted octanol–water partition coefficient (Wildman–Crippen LogP) is 1.50. The van der Waals surface area contributed by atoms with Gasteiger partial charge < -0.3 is 14.4 Å². The zero-order valence-corrected chi connectivity index (χ0v) is 13.0. The average molecular weight is 278 g/mol. The minimum absolute atomic E-state index is 0.176. The fourth-order valence-electron chi connectivity index (χ4n) is 2.81. The summed E-state index contributed by atoms with van der Waals surface area (Å²) >= 11 is 0. The highest BCUT2D eigenvalue weighted by atomic mass is 16.2. The minimum Gasteiger partial charge on any atom is -0.338 e. The molecule has 20 heavy (non-hydrogen) atoms. The van der Waals surface area contributed by atoms with Crippen LogP contribution in [0.25, 0.3) is 0 Å². The summed E-state index contributed by atoms with van der Waals surface area (Å²) in [6.07, 6.45) is 5.63. The number of carbonyl (C=O) groups excluding carboxylic acids is 1. The van der Waals surface area contributed by atoms with E-state index >= 15 is 0 Å². The average Bonchev–Trinajstić information content (AvgIpc) is 2.83. The van der Waals surface area contributed by atoms with Crippen LogP contribution in [0.2, 0.25) is 0 Å². The van der Waals surface area contributed by atoms with Crippen molar-refractivity contribution in [1.82, 2.24) is 19.4 Å². The van der Waals surface area contributed by atoms with Crippen LogP contribution in [-0.4, -0.2) is 51.4 Å². The highest BCUT2D eigenvalue weighted by Crippen LogP contribution is 2.21. The normalized spacial score (nSPS) is 17.6. The van der Waals surface area contributed by atoms with Gasteiger partial charge in [0.2, 0.25) is 5.91 Å². The Morgan fingerprint density at radius 1 is 1.45 bits per heavy atom. The molecular weight excluding hydrogens is 252 g/mol. The van der Waals surface area contributed by atoms with Gasteiger partial charge >= 0.3 is 0 Å². The Hall–Kier alpha value is -1.36. The van der Waals surface area contributed by atoms with Crippen LogP contribution in [0.15, 0.2) is 12.4 Å². The summed E-state index contributed by atoms with van der Waals surface area (Å²) in [6.45, 7) is 7.09. The Kier molecular flexibility index (Phi) is 4.81. The molecule has 1 saturated heterocycles. The van der Waals surface area contributed by atoms with E-state index in [0.29, 0.717) is 12.6 Å². The summed E-state index contributed by atoms with van der Waals surface area (Å²) in [7, 11) is 3.84. The van der Waals surface area contributed by atoms with Crippen molar-refractivity contribution in [2.45, 2.75) is 39.3 Å². The molecule has 1 aliphatic heterocycles. The lowest BCUT2D eigenvalue weighted by Gasteiger charge is -2.35. The molecule has 0 N–H and O–H groups in total. The van der Waals surface area contributed by atoms with E-state index in [2.05, 4.69) is 23.7 Å². The number of likely N-dealkylation sites (tertiary alicyclic amines) is 1. The van der Waals surface area contributed by atoms with Gasteiger partial charge in [0, 0.05) is 38.4 Å². The van der Waals surface area contributed by atoms with E-state index in [9.17, 15) is 4.79 Å². The highest BCUT2D eigenvalue weighted by Gasteiger charge is 2.28. The lowest BCUT2D eigenvalue weighted by molar-refractivity contribution is -0.136. The first-order chi connectivity index (χ1) is 9.49. The largest absolute Gasteiger partial charge is 0.338 e. The van der Waals surface area contributed by atoms with Gasteiger partial charge in [-0.25, -0.2) is 4.98 Å². The van der Waals surface area contributed by atoms with Crippen LogP contribution >= 0.6 is 0 Å². The lowest BCUT2D eigenvalue weighted by Crippen LogP contribution is -2.43. The van der Waals surface area contributed by atoms with E-state index in [1.807, 2.05) is 29.8 Å². The van der Waals surface area contributed by atoms with E-state index in [-0.39, 0.29) is 11.8 Å². The standard InChI is InChI=1S/C15H26N4O/c1-12(2)19-8-5-13(6-9-19)15(20)18(4)11-14-16-7-10-17(14)3/h7,10,12-13H,5-6,8-9,11H2,1-4H3. The van der Waals surface area contributed by atoms with Crippen molar-refractivity contribution in [2.24, 2.45) is 13.0 Å². The molecule has 0 aromatic carbocycles.